The van der Waals surface area contributed by atoms with Crippen LogP contribution in [0.1, 0.15) is 25.7 Å². The lowest BCUT2D eigenvalue weighted by Gasteiger charge is -2.31. The number of esters is 1. The van der Waals surface area contributed by atoms with Crippen molar-refractivity contribution in [3.05, 3.63) is 0 Å². The first-order valence-electron chi connectivity index (χ1n) is 5.28. The van der Waals surface area contributed by atoms with Gasteiger partial charge in [0.05, 0.1) is 17.1 Å². The molecule has 1 spiro atoms. The van der Waals surface area contributed by atoms with E-state index in [-0.39, 0.29) is 16.0 Å². The summed E-state index contributed by atoms with van der Waals surface area (Å²) in [6.45, 7) is 0. The summed E-state index contributed by atoms with van der Waals surface area (Å²) in [6, 6.07) is 0. The van der Waals surface area contributed by atoms with E-state index in [0.29, 0.717) is 0 Å². The molecule has 2 aliphatic rings. The first-order chi connectivity index (χ1) is 7.18. The predicted molar refractivity (Wildman–Crippen MR) is 62.2 cm³/mol. The molecular weight excluding hydrogens is 232 g/mol. The van der Waals surface area contributed by atoms with Crippen LogP contribution in [0.2, 0.25) is 0 Å². The summed E-state index contributed by atoms with van der Waals surface area (Å²) in [5.41, 5.74) is 0. The molecule has 1 heterocycles. The molecule has 1 saturated heterocycles. The predicted octanol–water partition coefficient (Wildman–Crippen LogP) is 1.54. The maximum Gasteiger partial charge on any atom is 0.308 e. The normalized spacial score (nSPS) is 40.6. The van der Waals surface area contributed by atoms with Gasteiger partial charge in [-0.05, 0) is 31.4 Å². The van der Waals surface area contributed by atoms with Gasteiger partial charge in [0.15, 0.2) is 0 Å². The lowest BCUT2D eigenvalue weighted by atomic mass is 10.1. The zero-order valence-electron chi connectivity index (χ0n) is 8.86. The van der Waals surface area contributed by atoms with Crippen molar-refractivity contribution in [3.63, 3.8) is 0 Å². The molecule has 3 nitrogen and oxygen atoms in total. The largest absolute Gasteiger partial charge is 0.469 e. The lowest BCUT2D eigenvalue weighted by Crippen LogP contribution is -2.34. The highest BCUT2D eigenvalue weighted by Gasteiger charge is 2.48. The van der Waals surface area contributed by atoms with Crippen molar-refractivity contribution in [2.24, 2.45) is 5.92 Å². The van der Waals surface area contributed by atoms with E-state index in [9.17, 15) is 9.00 Å². The topological polar surface area (TPSA) is 43.4 Å². The van der Waals surface area contributed by atoms with Crippen LogP contribution < -0.4 is 0 Å². The number of carbonyl (C=O) groups is 1. The Morgan fingerprint density at radius 1 is 1.60 bits per heavy atom. The smallest absolute Gasteiger partial charge is 0.308 e. The van der Waals surface area contributed by atoms with Crippen LogP contribution >= 0.6 is 11.8 Å². The van der Waals surface area contributed by atoms with Gasteiger partial charge < -0.3 is 4.74 Å². The molecular formula is C10H16O3S2. The van der Waals surface area contributed by atoms with Crippen LogP contribution in [0.5, 0.6) is 0 Å². The molecule has 1 aliphatic carbocycles. The van der Waals surface area contributed by atoms with Crippen LogP contribution in [-0.4, -0.2) is 32.9 Å². The summed E-state index contributed by atoms with van der Waals surface area (Å²) < 4.78 is 16.6. The van der Waals surface area contributed by atoms with E-state index in [0.717, 1.165) is 37.2 Å². The Bertz CT molecular complexity index is 292. The molecule has 0 amide bonds. The van der Waals surface area contributed by atoms with Crippen LogP contribution in [0.25, 0.3) is 0 Å². The Morgan fingerprint density at radius 3 is 3.07 bits per heavy atom. The first-order valence-corrected chi connectivity index (χ1v) is 7.59. The van der Waals surface area contributed by atoms with Gasteiger partial charge >= 0.3 is 5.97 Å². The van der Waals surface area contributed by atoms with E-state index in [1.165, 1.54) is 7.11 Å². The molecule has 0 aromatic carbocycles. The molecule has 1 aliphatic heterocycles. The van der Waals surface area contributed by atoms with Crippen molar-refractivity contribution >= 4 is 28.5 Å². The van der Waals surface area contributed by atoms with Crippen molar-refractivity contribution in [1.82, 2.24) is 0 Å². The van der Waals surface area contributed by atoms with E-state index in [1.54, 1.807) is 11.8 Å². The van der Waals surface area contributed by atoms with Gasteiger partial charge in [0.25, 0.3) is 0 Å². The molecule has 5 heteroatoms. The fraction of sp³-hybridized carbons (Fsp3) is 0.900. The molecule has 0 radical (unpaired) electrons. The Labute approximate surface area is 96.8 Å². The van der Waals surface area contributed by atoms with Crippen molar-refractivity contribution in [2.45, 2.75) is 29.8 Å². The number of methoxy groups -OCH3 is 1. The van der Waals surface area contributed by atoms with Crippen LogP contribution in [0.3, 0.4) is 0 Å². The molecule has 15 heavy (non-hydrogen) atoms. The zero-order chi connectivity index (χ0) is 10.9. The Kier molecular flexibility index (Phi) is 3.40. The lowest BCUT2D eigenvalue weighted by molar-refractivity contribution is -0.145. The van der Waals surface area contributed by atoms with Gasteiger partial charge in [0.1, 0.15) is 0 Å². The Hall–Kier alpha value is -0.0300. The van der Waals surface area contributed by atoms with Gasteiger partial charge in [-0.15, -0.1) is 11.8 Å². The van der Waals surface area contributed by atoms with Crippen LogP contribution in [0.15, 0.2) is 0 Å². The molecule has 2 rings (SSSR count). The van der Waals surface area contributed by atoms with Crippen molar-refractivity contribution in [3.8, 4) is 0 Å². The summed E-state index contributed by atoms with van der Waals surface area (Å²) in [5, 5.41) is 0. The van der Waals surface area contributed by atoms with E-state index in [2.05, 4.69) is 0 Å². The summed E-state index contributed by atoms with van der Waals surface area (Å²) in [4.78, 5) is 11.4. The minimum Gasteiger partial charge on any atom is -0.469 e. The van der Waals surface area contributed by atoms with E-state index < -0.39 is 10.8 Å². The Balaban J connectivity index is 2.06. The van der Waals surface area contributed by atoms with Crippen molar-refractivity contribution in [1.29, 1.82) is 0 Å². The first kappa shape index (κ1) is 11.5. The minimum atomic E-state index is -0.758. The van der Waals surface area contributed by atoms with Gasteiger partial charge in [0.2, 0.25) is 0 Å². The van der Waals surface area contributed by atoms with Crippen LogP contribution in [0.4, 0.5) is 0 Å². The molecule has 3 atom stereocenters. The number of rotatable bonds is 1. The third kappa shape index (κ3) is 2.09. The fourth-order valence-electron chi connectivity index (χ4n) is 2.38. The molecule has 86 valence electrons. The zero-order valence-corrected chi connectivity index (χ0v) is 10.5. The number of hydrogen-bond donors (Lipinski definition) is 0. The molecule has 0 bridgehead atoms. The number of ether oxygens (including phenoxy) is 1. The van der Waals surface area contributed by atoms with Gasteiger partial charge in [0, 0.05) is 16.6 Å². The second-order valence-electron chi connectivity index (χ2n) is 4.13. The monoisotopic (exact) mass is 248 g/mol. The quantitative estimate of drug-likeness (QED) is 0.660. The fourth-order valence-corrected chi connectivity index (χ4v) is 6.34. The van der Waals surface area contributed by atoms with E-state index in [4.69, 9.17) is 4.74 Å². The van der Waals surface area contributed by atoms with Gasteiger partial charge in [-0.1, -0.05) is 0 Å². The average molecular weight is 248 g/mol. The van der Waals surface area contributed by atoms with Crippen molar-refractivity contribution in [2.75, 3.05) is 18.6 Å². The molecule has 0 aromatic rings. The average Bonchev–Trinajstić information content (AvgIpc) is 2.67. The second-order valence-corrected chi connectivity index (χ2v) is 7.74. The maximum absolute atomic E-state index is 12.0. The molecule has 1 saturated carbocycles. The SMILES string of the molecule is COC(=O)[C@H]1CC[C@]2(C1)SCCC[S@@]2=O. The van der Waals surface area contributed by atoms with Crippen LogP contribution in [0, 0.1) is 5.92 Å². The van der Waals surface area contributed by atoms with E-state index in [1.807, 2.05) is 0 Å². The standard InChI is InChI=1S/C10H16O3S2/c1-13-9(11)8-3-4-10(7-8)14-5-2-6-15(10)12/h8H,2-7H2,1H3/t8-,10-,15-/m0/s1. The highest BCUT2D eigenvalue weighted by molar-refractivity contribution is 8.13. The Morgan fingerprint density at radius 2 is 2.40 bits per heavy atom. The third-order valence-electron chi connectivity index (χ3n) is 3.22. The van der Waals surface area contributed by atoms with Gasteiger partial charge in [-0.25, -0.2) is 0 Å². The van der Waals surface area contributed by atoms with E-state index >= 15 is 0 Å². The molecule has 0 unspecified atom stereocenters. The summed E-state index contributed by atoms with van der Waals surface area (Å²) in [6.07, 6.45) is 3.54. The highest BCUT2D eigenvalue weighted by atomic mass is 32.2. The molecule has 2 fully saturated rings. The molecule has 0 N–H and O–H groups in total. The third-order valence-corrected chi connectivity index (χ3v) is 7.38. The summed E-state index contributed by atoms with van der Waals surface area (Å²) >= 11 is 1.80. The highest BCUT2D eigenvalue weighted by Crippen LogP contribution is 2.49. The minimum absolute atomic E-state index is 0.0236. The molecule has 0 aromatic heterocycles. The number of carbonyl (C=O) groups excluding carboxylic acids is 1. The number of hydrogen-bond acceptors (Lipinski definition) is 4. The van der Waals surface area contributed by atoms with Crippen molar-refractivity contribution < 1.29 is 13.7 Å². The number of thioether (sulfide) groups is 1. The van der Waals surface area contributed by atoms with Gasteiger partial charge in [-0.2, -0.15) is 0 Å². The second kappa shape index (κ2) is 4.45. The van der Waals surface area contributed by atoms with Gasteiger partial charge in [-0.3, -0.25) is 9.00 Å². The summed E-state index contributed by atoms with van der Waals surface area (Å²) in [7, 11) is 0.671. The maximum atomic E-state index is 12.0. The summed E-state index contributed by atoms with van der Waals surface area (Å²) in [5.74, 6) is 1.74. The van der Waals surface area contributed by atoms with Crippen LogP contribution in [-0.2, 0) is 20.3 Å².